The minimum atomic E-state index is -1.65. The molecule has 1 aromatic rings. The molecule has 25 heavy (non-hydrogen) atoms. The van der Waals surface area contributed by atoms with E-state index in [4.69, 9.17) is 4.74 Å². The summed E-state index contributed by atoms with van der Waals surface area (Å²) in [5, 5.41) is 23.7. The van der Waals surface area contributed by atoms with Crippen LogP contribution in [0.25, 0.3) is 0 Å². The zero-order chi connectivity index (χ0) is 18.8. The summed E-state index contributed by atoms with van der Waals surface area (Å²) < 4.78 is 5.10. The van der Waals surface area contributed by atoms with Crippen molar-refractivity contribution in [1.82, 2.24) is 10.6 Å². The van der Waals surface area contributed by atoms with Crippen LogP contribution in [0, 0.1) is 5.92 Å². The maximum Gasteiger partial charge on any atom is 0.475 e. The van der Waals surface area contributed by atoms with E-state index in [2.05, 4.69) is 10.6 Å². The first kappa shape index (κ1) is 20.7. The van der Waals surface area contributed by atoms with E-state index in [1.165, 1.54) is 0 Å². The lowest BCUT2D eigenvalue weighted by Gasteiger charge is -2.18. The number of nitrogens with one attached hydrogen (secondary N) is 2. The lowest BCUT2D eigenvalue weighted by Crippen LogP contribution is -2.46. The number of carbonyl (C=O) groups excluding carboxylic acids is 2. The minimum Gasteiger partial charge on any atom is -0.497 e. The molecule has 4 N–H and O–H groups in total. The molecule has 0 saturated heterocycles. The van der Waals surface area contributed by atoms with Gasteiger partial charge in [0.05, 0.1) is 13.1 Å². The summed E-state index contributed by atoms with van der Waals surface area (Å²) in [6.07, 6.45) is 2.58. The van der Waals surface area contributed by atoms with Gasteiger partial charge in [-0.3, -0.25) is 9.59 Å². The van der Waals surface area contributed by atoms with Crippen molar-refractivity contribution in [3.8, 4) is 5.75 Å². The Morgan fingerprint density at radius 1 is 1.24 bits per heavy atom. The van der Waals surface area contributed by atoms with E-state index < -0.39 is 24.9 Å². The van der Waals surface area contributed by atoms with Gasteiger partial charge in [0.25, 0.3) is 0 Å². The van der Waals surface area contributed by atoms with Gasteiger partial charge < -0.3 is 25.4 Å². The van der Waals surface area contributed by atoms with Crippen molar-refractivity contribution < 1.29 is 24.4 Å². The van der Waals surface area contributed by atoms with E-state index in [1.807, 2.05) is 26.0 Å². The summed E-state index contributed by atoms with van der Waals surface area (Å²) in [6.45, 7) is 4.11. The molecule has 0 unspecified atom stereocenters. The zero-order valence-electron chi connectivity index (χ0n) is 14.7. The molecule has 0 aromatic heterocycles. The van der Waals surface area contributed by atoms with Gasteiger partial charge in [0.1, 0.15) is 5.75 Å². The molecule has 1 aromatic carbocycles. The maximum absolute atomic E-state index is 11.8. The Morgan fingerprint density at radius 2 is 1.92 bits per heavy atom. The van der Waals surface area contributed by atoms with Crippen LogP contribution in [-0.4, -0.2) is 42.0 Å². The molecule has 0 aliphatic carbocycles. The number of benzene rings is 1. The van der Waals surface area contributed by atoms with Crippen LogP contribution in [0.1, 0.15) is 25.8 Å². The molecule has 0 bridgehead atoms. The van der Waals surface area contributed by atoms with Crippen LogP contribution in [-0.2, 0) is 16.1 Å². The molecule has 2 amide bonds. The molecule has 0 radical (unpaired) electrons. The first-order chi connectivity index (χ1) is 11.8. The van der Waals surface area contributed by atoms with Crippen LogP contribution in [0.4, 0.5) is 0 Å². The van der Waals surface area contributed by atoms with E-state index in [0.29, 0.717) is 18.7 Å². The van der Waals surface area contributed by atoms with E-state index in [0.717, 1.165) is 17.7 Å². The van der Waals surface area contributed by atoms with Gasteiger partial charge in [-0.2, -0.15) is 0 Å². The van der Waals surface area contributed by atoms with Gasteiger partial charge in [0, 0.05) is 18.7 Å². The average molecular weight is 348 g/mol. The maximum atomic E-state index is 11.8. The highest BCUT2D eigenvalue weighted by Gasteiger charge is 2.25. The molecular weight excluding hydrogens is 323 g/mol. The number of carbonyl (C=O) groups is 2. The molecule has 7 nitrogen and oxygen atoms in total. The molecule has 0 fully saturated rings. The molecule has 1 atom stereocenters. The summed E-state index contributed by atoms with van der Waals surface area (Å²) in [4.78, 5) is 23.5. The molecule has 8 heteroatoms. The number of amides is 2. The Kier molecular flexibility index (Phi) is 8.73. The van der Waals surface area contributed by atoms with Gasteiger partial charge >= 0.3 is 7.12 Å². The topological polar surface area (TPSA) is 108 Å². The number of hydrogen-bond acceptors (Lipinski definition) is 5. The van der Waals surface area contributed by atoms with Crippen molar-refractivity contribution in [3.05, 3.63) is 42.0 Å². The van der Waals surface area contributed by atoms with Gasteiger partial charge in [0.15, 0.2) is 0 Å². The smallest absolute Gasteiger partial charge is 0.475 e. The number of ether oxygens (including phenoxy) is 1. The number of rotatable bonds is 9. The van der Waals surface area contributed by atoms with Crippen LogP contribution in [0.2, 0.25) is 0 Å². The molecule has 136 valence electrons. The lowest BCUT2D eigenvalue weighted by molar-refractivity contribution is -0.119. The Hall–Kier alpha value is -2.32. The van der Waals surface area contributed by atoms with E-state index in [9.17, 15) is 19.6 Å². The zero-order valence-corrected chi connectivity index (χ0v) is 14.7. The van der Waals surface area contributed by atoms with E-state index >= 15 is 0 Å². The van der Waals surface area contributed by atoms with Gasteiger partial charge in [0.2, 0.25) is 11.8 Å². The van der Waals surface area contributed by atoms with Crippen molar-refractivity contribution >= 4 is 18.9 Å². The quantitative estimate of drug-likeness (QED) is 0.382. The molecule has 0 spiro atoms. The van der Waals surface area contributed by atoms with Crippen molar-refractivity contribution in [1.29, 1.82) is 0 Å². The lowest BCUT2D eigenvalue weighted by atomic mass is 9.75. The summed E-state index contributed by atoms with van der Waals surface area (Å²) in [5.74, 6) is -0.891. The van der Waals surface area contributed by atoms with Crippen LogP contribution in [0.5, 0.6) is 5.75 Å². The predicted molar refractivity (Wildman–Crippen MR) is 95.6 cm³/mol. The van der Waals surface area contributed by atoms with Crippen LogP contribution < -0.4 is 15.4 Å². The molecule has 0 aliphatic rings. The third-order valence-corrected chi connectivity index (χ3v) is 3.40. The fourth-order valence-electron chi connectivity index (χ4n) is 2.18. The Bertz CT molecular complexity index is 604. The van der Waals surface area contributed by atoms with Gasteiger partial charge in [-0.25, -0.2) is 0 Å². The molecular formula is C17H25BN2O5. The van der Waals surface area contributed by atoms with Crippen LogP contribution in [0.3, 0.4) is 0 Å². The highest BCUT2D eigenvalue weighted by atomic mass is 16.5. The van der Waals surface area contributed by atoms with Gasteiger partial charge in [-0.1, -0.05) is 26.0 Å². The summed E-state index contributed by atoms with van der Waals surface area (Å²) >= 11 is 0. The Balaban J connectivity index is 2.47. The summed E-state index contributed by atoms with van der Waals surface area (Å²) in [7, 11) is -0.0869. The highest BCUT2D eigenvalue weighted by Crippen LogP contribution is 2.12. The van der Waals surface area contributed by atoms with Crippen molar-refractivity contribution in [2.24, 2.45) is 5.92 Å². The summed E-state index contributed by atoms with van der Waals surface area (Å²) in [5.41, 5.74) is 0.867. The standard InChI is InChI=1S/C17H25BN2O5/c1-12(2)9-15(18(23)24)20-17(22)8-7-16(21)19-11-13-5-4-6-14(10-13)25-3/h4-8,10,12,15,23-24H,9,11H2,1-3H3,(H,19,21)(H,20,22)/b8-7+/t15-/m0/s1. The van der Waals surface area contributed by atoms with E-state index in [1.54, 1.807) is 19.2 Å². The van der Waals surface area contributed by atoms with Crippen molar-refractivity contribution in [2.75, 3.05) is 7.11 Å². The fourth-order valence-corrected chi connectivity index (χ4v) is 2.18. The molecule has 0 saturated carbocycles. The van der Waals surface area contributed by atoms with Crippen molar-refractivity contribution in [3.63, 3.8) is 0 Å². The normalized spacial score (nSPS) is 12.1. The third kappa shape index (κ3) is 8.37. The molecule has 0 aliphatic heterocycles. The monoisotopic (exact) mass is 348 g/mol. The average Bonchev–Trinajstić information content (AvgIpc) is 2.57. The van der Waals surface area contributed by atoms with Crippen molar-refractivity contribution in [2.45, 2.75) is 32.8 Å². The molecule has 0 heterocycles. The Morgan fingerprint density at radius 3 is 2.52 bits per heavy atom. The second-order valence-electron chi connectivity index (χ2n) is 6.06. The first-order valence-corrected chi connectivity index (χ1v) is 8.07. The van der Waals surface area contributed by atoms with Crippen LogP contribution in [0.15, 0.2) is 36.4 Å². The van der Waals surface area contributed by atoms with E-state index in [-0.39, 0.29) is 5.92 Å². The second kappa shape index (κ2) is 10.5. The minimum absolute atomic E-state index is 0.183. The summed E-state index contributed by atoms with van der Waals surface area (Å²) in [6, 6.07) is 7.27. The SMILES string of the molecule is COc1cccc(CNC(=O)/C=C/C(=O)N[C@@H](CC(C)C)B(O)O)c1. The Labute approximate surface area is 148 Å². The van der Waals surface area contributed by atoms with Gasteiger partial charge in [-0.05, 0) is 30.0 Å². The largest absolute Gasteiger partial charge is 0.497 e. The number of methoxy groups -OCH3 is 1. The number of hydrogen-bond donors (Lipinski definition) is 4. The highest BCUT2D eigenvalue weighted by molar-refractivity contribution is 6.43. The fraction of sp³-hybridized carbons (Fsp3) is 0.412. The van der Waals surface area contributed by atoms with Gasteiger partial charge in [-0.15, -0.1) is 0 Å². The second-order valence-corrected chi connectivity index (χ2v) is 6.06. The molecule has 1 rings (SSSR count). The third-order valence-electron chi connectivity index (χ3n) is 3.40. The predicted octanol–water partition coefficient (Wildman–Crippen LogP) is 0.410. The first-order valence-electron chi connectivity index (χ1n) is 8.07. The van der Waals surface area contributed by atoms with Crippen LogP contribution >= 0.6 is 0 Å².